The summed E-state index contributed by atoms with van der Waals surface area (Å²) in [6.07, 6.45) is 1.14. The molecule has 0 aliphatic rings. The Morgan fingerprint density at radius 2 is 1.60 bits per heavy atom. The van der Waals surface area contributed by atoms with Crippen molar-refractivity contribution in [1.82, 2.24) is 20.6 Å². The summed E-state index contributed by atoms with van der Waals surface area (Å²) >= 11 is 6.28. The highest BCUT2D eigenvalue weighted by molar-refractivity contribution is 6.33. The molecule has 0 bridgehead atoms. The number of pyridine rings is 1. The highest BCUT2D eigenvalue weighted by Crippen LogP contribution is 2.27. The van der Waals surface area contributed by atoms with E-state index in [9.17, 15) is 23.2 Å². The van der Waals surface area contributed by atoms with Gasteiger partial charge >= 0.3 is 0 Å². The molecule has 0 saturated carbocycles. The van der Waals surface area contributed by atoms with E-state index in [1.165, 1.54) is 12.3 Å². The van der Waals surface area contributed by atoms with E-state index in [0.29, 0.717) is 10.6 Å². The van der Waals surface area contributed by atoms with Crippen LogP contribution in [0, 0.1) is 11.6 Å². The summed E-state index contributed by atoms with van der Waals surface area (Å²) in [5.41, 5.74) is 1.88. The van der Waals surface area contributed by atoms with Crippen LogP contribution in [0.4, 0.5) is 8.78 Å². The zero-order valence-corrected chi connectivity index (χ0v) is 23.6. The normalized spacial score (nSPS) is 12.5. The minimum Gasteiger partial charge on any atom is -0.432 e. The number of oxazole rings is 1. The second kappa shape index (κ2) is 12.9. The minimum atomic E-state index is -1.44. The Morgan fingerprint density at radius 1 is 0.884 bits per heavy atom. The Hall–Kier alpha value is -4.96. The molecule has 11 heteroatoms. The first-order valence-corrected chi connectivity index (χ1v) is 13.8. The maximum Gasteiger partial charge on any atom is 0.268 e. The molecular weight excluding hydrogens is 578 g/mol. The molecular formula is C32H25ClF2N4O4. The van der Waals surface area contributed by atoms with Gasteiger partial charge in [-0.1, -0.05) is 54.9 Å². The summed E-state index contributed by atoms with van der Waals surface area (Å²) < 4.78 is 34.7. The third kappa shape index (κ3) is 6.60. The average molecular weight is 603 g/mol. The van der Waals surface area contributed by atoms with E-state index in [1.54, 1.807) is 55.5 Å². The third-order valence-electron chi connectivity index (χ3n) is 6.84. The van der Waals surface area contributed by atoms with E-state index in [1.807, 2.05) is 12.1 Å². The van der Waals surface area contributed by atoms with Gasteiger partial charge in [-0.15, -0.1) is 0 Å². The summed E-state index contributed by atoms with van der Waals surface area (Å²) in [4.78, 5) is 48.0. The standard InChI is InChI=1S/C32H25ClF2N4O4/c1-2-25(28(40)32-39-29-27(43-32)11-6-16-36-29)37-31(42)26(17-21-23(34)9-5-10-24(21)35)38-30(41)19-14-12-18(13-15-19)20-7-3-4-8-22(20)33/h3-16,25-26H,2,17H2,1H3,(H,37,42)(H,38,41)/t25-,26-/m0/s1. The molecule has 0 saturated heterocycles. The molecule has 0 radical (unpaired) electrons. The fourth-order valence-corrected chi connectivity index (χ4v) is 4.77. The summed E-state index contributed by atoms with van der Waals surface area (Å²) in [7, 11) is 0. The van der Waals surface area contributed by atoms with Gasteiger partial charge < -0.3 is 15.1 Å². The fourth-order valence-electron chi connectivity index (χ4n) is 4.53. The summed E-state index contributed by atoms with van der Waals surface area (Å²) in [5.74, 6) is -4.10. The molecule has 5 rings (SSSR count). The molecule has 3 aromatic carbocycles. The van der Waals surface area contributed by atoms with E-state index in [4.69, 9.17) is 16.0 Å². The molecule has 5 aromatic rings. The predicted octanol–water partition coefficient (Wildman–Crippen LogP) is 5.94. The SMILES string of the molecule is CC[C@H](NC(=O)[C@H](Cc1c(F)cccc1F)NC(=O)c1ccc(-c2ccccc2Cl)cc1)C(=O)c1nc2ncccc2o1. The van der Waals surface area contributed by atoms with E-state index >= 15 is 0 Å². The van der Waals surface area contributed by atoms with Gasteiger partial charge in [-0.05, 0) is 54.4 Å². The number of ketones is 1. The molecule has 43 heavy (non-hydrogen) atoms. The number of carbonyl (C=O) groups is 3. The van der Waals surface area contributed by atoms with Crippen LogP contribution in [0.2, 0.25) is 5.02 Å². The Morgan fingerprint density at radius 3 is 2.28 bits per heavy atom. The van der Waals surface area contributed by atoms with Crippen molar-refractivity contribution in [1.29, 1.82) is 0 Å². The average Bonchev–Trinajstić information content (AvgIpc) is 3.45. The highest BCUT2D eigenvalue weighted by atomic mass is 35.5. The van der Waals surface area contributed by atoms with E-state index < -0.39 is 47.7 Å². The zero-order chi connectivity index (χ0) is 30.5. The summed E-state index contributed by atoms with van der Waals surface area (Å²) in [5, 5.41) is 5.68. The Bertz CT molecular complexity index is 1760. The van der Waals surface area contributed by atoms with Gasteiger partial charge in [-0.2, -0.15) is 4.98 Å². The van der Waals surface area contributed by atoms with E-state index in [-0.39, 0.29) is 29.1 Å². The highest BCUT2D eigenvalue weighted by Gasteiger charge is 2.30. The van der Waals surface area contributed by atoms with Crippen molar-refractivity contribution in [2.24, 2.45) is 0 Å². The summed E-state index contributed by atoms with van der Waals surface area (Å²) in [6, 6.07) is 17.7. The summed E-state index contributed by atoms with van der Waals surface area (Å²) in [6.45, 7) is 1.66. The number of benzene rings is 3. The maximum absolute atomic E-state index is 14.6. The number of nitrogens with zero attached hydrogens (tertiary/aromatic N) is 2. The van der Waals surface area contributed by atoms with Crippen molar-refractivity contribution in [2.45, 2.75) is 31.8 Å². The van der Waals surface area contributed by atoms with Crippen LogP contribution in [0.5, 0.6) is 0 Å². The van der Waals surface area contributed by atoms with Crippen LogP contribution < -0.4 is 10.6 Å². The van der Waals surface area contributed by atoms with Crippen molar-refractivity contribution < 1.29 is 27.6 Å². The second-order valence-corrected chi connectivity index (χ2v) is 10.1. The minimum absolute atomic E-state index is 0.148. The molecule has 2 heterocycles. The molecule has 2 aromatic heterocycles. The van der Waals surface area contributed by atoms with Gasteiger partial charge in [0.05, 0.1) is 6.04 Å². The van der Waals surface area contributed by atoms with Crippen LogP contribution in [-0.2, 0) is 11.2 Å². The molecule has 8 nitrogen and oxygen atoms in total. The van der Waals surface area contributed by atoms with Crippen molar-refractivity contribution in [2.75, 3.05) is 0 Å². The maximum atomic E-state index is 14.6. The van der Waals surface area contributed by atoms with Gasteiger partial charge in [-0.3, -0.25) is 14.4 Å². The van der Waals surface area contributed by atoms with Gasteiger partial charge in [0, 0.05) is 34.3 Å². The van der Waals surface area contributed by atoms with Crippen molar-refractivity contribution in [3.05, 3.63) is 119 Å². The number of Topliss-reactive ketones (excluding diaryl/α,β-unsaturated/α-hetero) is 1. The van der Waals surface area contributed by atoms with Crippen molar-refractivity contribution >= 4 is 40.4 Å². The van der Waals surface area contributed by atoms with Crippen LogP contribution in [0.15, 0.2) is 89.5 Å². The molecule has 218 valence electrons. The van der Waals surface area contributed by atoms with Crippen LogP contribution in [-0.4, -0.2) is 39.6 Å². The molecule has 0 spiro atoms. The fraction of sp³-hybridized carbons (Fsp3) is 0.156. The monoisotopic (exact) mass is 602 g/mol. The lowest BCUT2D eigenvalue weighted by atomic mass is 10.0. The van der Waals surface area contributed by atoms with Gasteiger partial charge in [0.15, 0.2) is 11.2 Å². The molecule has 0 aliphatic heterocycles. The molecule has 2 atom stereocenters. The predicted molar refractivity (Wildman–Crippen MR) is 157 cm³/mol. The molecule has 0 aliphatic carbocycles. The number of amides is 2. The lowest BCUT2D eigenvalue weighted by Crippen LogP contribution is -2.52. The third-order valence-corrected chi connectivity index (χ3v) is 7.17. The molecule has 2 N–H and O–H groups in total. The first-order valence-electron chi connectivity index (χ1n) is 13.4. The molecule has 2 amide bonds. The number of carbonyl (C=O) groups excluding carboxylic acids is 3. The number of aromatic nitrogens is 2. The van der Waals surface area contributed by atoms with E-state index in [0.717, 1.165) is 23.3 Å². The first-order chi connectivity index (χ1) is 20.7. The number of fused-ring (bicyclic) bond motifs is 1. The Balaban J connectivity index is 1.38. The quantitative estimate of drug-likeness (QED) is 0.191. The van der Waals surface area contributed by atoms with Crippen molar-refractivity contribution in [3.8, 4) is 11.1 Å². The number of hydrogen-bond acceptors (Lipinski definition) is 6. The van der Waals surface area contributed by atoms with Crippen molar-refractivity contribution in [3.63, 3.8) is 0 Å². The molecule has 0 fully saturated rings. The number of rotatable bonds is 10. The van der Waals surface area contributed by atoms with Crippen LogP contribution >= 0.6 is 11.6 Å². The van der Waals surface area contributed by atoms with Crippen LogP contribution in [0.3, 0.4) is 0 Å². The van der Waals surface area contributed by atoms with Gasteiger partial charge in [0.1, 0.15) is 17.7 Å². The lowest BCUT2D eigenvalue weighted by molar-refractivity contribution is -0.123. The van der Waals surface area contributed by atoms with Gasteiger partial charge in [-0.25, -0.2) is 13.8 Å². The smallest absolute Gasteiger partial charge is 0.268 e. The topological polar surface area (TPSA) is 114 Å². The number of nitrogens with one attached hydrogen (secondary N) is 2. The van der Waals surface area contributed by atoms with Gasteiger partial charge in [0.25, 0.3) is 11.8 Å². The lowest BCUT2D eigenvalue weighted by Gasteiger charge is -2.22. The van der Waals surface area contributed by atoms with E-state index in [2.05, 4.69) is 20.6 Å². The second-order valence-electron chi connectivity index (χ2n) is 9.67. The van der Waals surface area contributed by atoms with Crippen LogP contribution in [0.25, 0.3) is 22.4 Å². The number of hydrogen-bond donors (Lipinski definition) is 2. The number of halogens is 3. The molecule has 0 unspecified atom stereocenters. The van der Waals surface area contributed by atoms with Crippen LogP contribution in [0.1, 0.15) is 40.0 Å². The Kier molecular flexibility index (Phi) is 8.87. The Labute approximate surface area is 250 Å². The largest absolute Gasteiger partial charge is 0.432 e. The first kappa shape index (κ1) is 29.5. The zero-order valence-electron chi connectivity index (χ0n) is 22.8. The van der Waals surface area contributed by atoms with Gasteiger partial charge in [0.2, 0.25) is 11.7 Å².